The molecule has 2 nitrogen and oxygen atoms in total. The summed E-state index contributed by atoms with van der Waals surface area (Å²) in [5.41, 5.74) is 5.65. The number of phenolic OH excluding ortho intramolecular Hbond substituents is 1. The Labute approximate surface area is 188 Å². The summed E-state index contributed by atoms with van der Waals surface area (Å²) in [6.07, 6.45) is 12.0. The maximum atomic E-state index is 10.5. The summed E-state index contributed by atoms with van der Waals surface area (Å²) in [6, 6.07) is 7.42. The Morgan fingerprint density at radius 3 is 1.93 bits per heavy atom. The van der Waals surface area contributed by atoms with Crippen LogP contribution in [-0.2, 0) is 6.42 Å². The quantitative estimate of drug-likeness (QED) is 0.344. The van der Waals surface area contributed by atoms with Crippen molar-refractivity contribution in [1.29, 1.82) is 0 Å². The lowest BCUT2D eigenvalue weighted by atomic mass is 9.90. The van der Waals surface area contributed by atoms with Crippen LogP contribution in [0.5, 0.6) is 11.5 Å². The van der Waals surface area contributed by atoms with Gasteiger partial charge in [-0.25, -0.2) is 0 Å². The molecule has 0 unspecified atom stereocenters. The summed E-state index contributed by atoms with van der Waals surface area (Å²) in [5.74, 6) is 0.881. The highest BCUT2D eigenvalue weighted by atomic mass is 32.1. The first-order valence-electron chi connectivity index (χ1n) is 10.4. The molecule has 3 heteroatoms. The van der Waals surface area contributed by atoms with Crippen molar-refractivity contribution in [3.63, 3.8) is 0 Å². The van der Waals surface area contributed by atoms with Crippen molar-refractivity contribution >= 4 is 37.2 Å². The minimum Gasteiger partial charge on any atom is -0.508 e. The van der Waals surface area contributed by atoms with Crippen LogP contribution < -0.4 is 4.18 Å². The first kappa shape index (κ1) is 27.4. The number of hydrogen-bond acceptors (Lipinski definition) is 3. The molecule has 0 spiro atoms. The van der Waals surface area contributed by atoms with Gasteiger partial charge in [-0.05, 0) is 48.2 Å². The fraction of sp³-hybridized carbons (Fsp3) is 0.259. The van der Waals surface area contributed by atoms with E-state index in [0.29, 0.717) is 12.2 Å². The minimum atomic E-state index is 0.230. The third-order valence-electron chi connectivity index (χ3n) is 4.27. The molecule has 2 rings (SSSR count). The second-order valence-electron chi connectivity index (χ2n) is 5.79. The van der Waals surface area contributed by atoms with Gasteiger partial charge in [0.25, 0.3) is 0 Å². The smallest absolute Gasteiger partial charge is 0.141 e. The number of allylic oxidation sites excluding steroid dienone is 2. The predicted molar refractivity (Wildman–Crippen MR) is 139 cm³/mol. The Kier molecular flexibility index (Phi) is 13.9. The van der Waals surface area contributed by atoms with Crippen LogP contribution in [0.2, 0.25) is 0 Å². The second kappa shape index (κ2) is 15.2. The fourth-order valence-corrected chi connectivity index (χ4v) is 3.24. The number of aromatic hydroxyl groups is 1. The first-order valence-corrected chi connectivity index (χ1v) is 10.8. The van der Waals surface area contributed by atoms with E-state index in [4.69, 9.17) is 4.18 Å². The summed E-state index contributed by atoms with van der Waals surface area (Å²) < 4.78 is 5.30. The van der Waals surface area contributed by atoms with E-state index < -0.39 is 0 Å². The number of thiol groups is 1. The monoisotopic (exact) mass is 424 g/mol. The fourth-order valence-electron chi connectivity index (χ4n) is 3.07. The van der Waals surface area contributed by atoms with E-state index in [0.717, 1.165) is 33.4 Å². The first-order chi connectivity index (χ1) is 14.6. The molecule has 1 N–H and O–H groups in total. The third-order valence-corrected chi connectivity index (χ3v) is 4.47. The highest BCUT2D eigenvalue weighted by molar-refractivity contribution is 7.75. The minimum absolute atomic E-state index is 0.230. The molecule has 0 saturated heterocycles. The van der Waals surface area contributed by atoms with Crippen molar-refractivity contribution in [2.75, 3.05) is 0 Å². The van der Waals surface area contributed by atoms with Crippen molar-refractivity contribution in [2.45, 2.75) is 48.0 Å². The molecule has 0 atom stereocenters. The van der Waals surface area contributed by atoms with Gasteiger partial charge in [0.05, 0.1) is 0 Å². The van der Waals surface area contributed by atoms with Crippen LogP contribution in [0.25, 0.3) is 24.3 Å². The van der Waals surface area contributed by atoms with Gasteiger partial charge in [-0.1, -0.05) is 89.4 Å². The van der Waals surface area contributed by atoms with Crippen LogP contribution in [0.4, 0.5) is 0 Å². The number of phenols is 1. The lowest BCUT2D eigenvalue weighted by Gasteiger charge is -2.17. The van der Waals surface area contributed by atoms with E-state index in [1.54, 1.807) is 12.1 Å². The Balaban J connectivity index is 0.00000198. The number of benzene rings is 2. The molecule has 0 aliphatic carbocycles. The van der Waals surface area contributed by atoms with E-state index in [1.807, 2.05) is 90.1 Å². The molecule has 0 bridgehead atoms. The molecule has 0 aliphatic rings. The average molecular weight is 425 g/mol. The zero-order chi connectivity index (χ0) is 23.1. The summed E-state index contributed by atoms with van der Waals surface area (Å²) >= 11 is 4.01. The summed E-state index contributed by atoms with van der Waals surface area (Å²) in [4.78, 5) is 0. The summed E-state index contributed by atoms with van der Waals surface area (Å²) in [5, 5.41) is 10.5. The van der Waals surface area contributed by atoms with Crippen LogP contribution in [0.15, 0.2) is 49.6 Å². The van der Waals surface area contributed by atoms with Crippen molar-refractivity contribution in [3.8, 4) is 11.5 Å². The largest absolute Gasteiger partial charge is 0.508 e. The molecule has 0 heterocycles. The molecule has 2 aromatic rings. The van der Waals surface area contributed by atoms with E-state index in [-0.39, 0.29) is 5.75 Å². The van der Waals surface area contributed by atoms with Gasteiger partial charge in [-0.2, -0.15) is 0 Å². The number of rotatable bonds is 7. The highest BCUT2D eigenvalue weighted by Crippen LogP contribution is 2.35. The van der Waals surface area contributed by atoms with Gasteiger partial charge in [-0.3, -0.25) is 0 Å². The lowest BCUT2D eigenvalue weighted by Crippen LogP contribution is -2.01. The average Bonchev–Trinajstić information content (AvgIpc) is 2.79. The standard InChI is InChI=1S/C23H24O2S.2C2H6/c1-5-9-17-11-13-22(24)20(18(17)8-4)15-21-19(10-6-2)16(7-3)12-14-23(21)25-26;2*1-2/h5-14,24,26H,3-4,15H2,1-2H3;2*1-2H3/b9-5-,10-6-;;. The van der Waals surface area contributed by atoms with Gasteiger partial charge in [0.2, 0.25) is 0 Å². The molecular formula is C27H36O2S. The Morgan fingerprint density at radius 2 is 1.43 bits per heavy atom. The van der Waals surface area contributed by atoms with Gasteiger partial charge in [-0.15, -0.1) is 0 Å². The molecule has 162 valence electrons. The zero-order valence-corrected chi connectivity index (χ0v) is 20.1. The van der Waals surface area contributed by atoms with Crippen molar-refractivity contribution in [2.24, 2.45) is 0 Å². The van der Waals surface area contributed by atoms with Gasteiger partial charge < -0.3 is 9.29 Å². The van der Waals surface area contributed by atoms with Gasteiger partial charge in [0.1, 0.15) is 11.5 Å². The summed E-state index contributed by atoms with van der Waals surface area (Å²) in [6.45, 7) is 19.8. The molecule has 30 heavy (non-hydrogen) atoms. The molecular weight excluding hydrogens is 388 g/mol. The van der Waals surface area contributed by atoms with Crippen molar-refractivity contribution in [3.05, 3.63) is 83.0 Å². The maximum absolute atomic E-state index is 10.5. The highest BCUT2D eigenvalue weighted by Gasteiger charge is 2.17. The SMILES string of the molecule is C=Cc1ccc(OS)c(Cc2c(O)ccc(/C=C\C)c2C=C)c1/C=C\C.CC.CC. The zero-order valence-electron chi connectivity index (χ0n) is 19.2. The van der Waals surface area contributed by atoms with Crippen molar-refractivity contribution < 1.29 is 9.29 Å². The molecule has 0 aromatic heterocycles. The lowest BCUT2D eigenvalue weighted by molar-refractivity contribution is 0.469. The molecule has 0 amide bonds. The Bertz CT molecular complexity index is 877. The van der Waals surface area contributed by atoms with E-state index in [1.165, 1.54) is 0 Å². The second-order valence-corrected chi connectivity index (χ2v) is 5.97. The Hall–Kier alpha value is -2.65. The van der Waals surface area contributed by atoms with Crippen LogP contribution >= 0.6 is 12.9 Å². The predicted octanol–water partition coefficient (Wildman–Crippen LogP) is 8.61. The van der Waals surface area contributed by atoms with Crippen LogP contribution in [0, 0.1) is 0 Å². The summed E-state index contributed by atoms with van der Waals surface area (Å²) in [7, 11) is 0. The van der Waals surface area contributed by atoms with E-state index >= 15 is 0 Å². The normalized spacial score (nSPS) is 10.1. The molecule has 0 radical (unpaired) electrons. The number of hydrogen-bond donors (Lipinski definition) is 2. The van der Waals surface area contributed by atoms with Crippen LogP contribution in [-0.4, -0.2) is 5.11 Å². The van der Waals surface area contributed by atoms with Gasteiger partial charge in [0, 0.05) is 30.5 Å². The van der Waals surface area contributed by atoms with Crippen LogP contribution in [0.1, 0.15) is 74.9 Å². The molecule has 0 saturated carbocycles. The van der Waals surface area contributed by atoms with Crippen molar-refractivity contribution in [1.82, 2.24) is 0 Å². The Morgan fingerprint density at radius 1 is 0.833 bits per heavy atom. The van der Waals surface area contributed by atoms with Gasteiger partial charge in [0.15, 0.2) is 0 Å². The molecule has 0 fully saturated rings. The molecule has 2 aromatic carbocycles. The van der Waals surface area contributed by atoms with Crippen LogP contribution in [0.3, 0.4) is 0 Å². The van der Waals surface area contributed by atoms with E-state index in [2.05, 4.69) is 26.1 Å². The maximum Gasteiger partial charge on any atom is 0.141 e. The third kappa shape index (κ3) is 6.70. The van der Waals surface area contributed by atoms with Gasteiger partial charge >= 0.3 is 0 Å². The topological polar surface area (TPSA) is 29.5 Å². The van der Waals surface area contributed by atoms with E-state index in [9.17, 15) is 5.11 Å². The molecule has 0 aliphatic heterocycles.